The average molecular weight is 847 g/mol. The number of pyridine rings is 2. The van der Waals surface area contributed by atoms with Crippen LogP contribution < -0.4 is 4.74 Å². The van der Waals surface area contributed by atoms with Crippen molar-refractivity contribution in [2.75, 3.05) is 0 Å². The Balaban J connectivity index is 0.00000448. The molecule has 7 rings (SSSR count). The van der Waals surface area contributed by atoms with Gasteiger partial charge in [-0.25, -0.2) is 4.98 Å². The molecule has 5 heteroatoms. The van der Waals surface area contributed by atoms with Gasteiger partial charge in [-0.2, -0.15) is 0 Å². The largest absolute Gasteiger partial charge is 0.507 e. The zero-order chi connectivity index (χ0) is 34.7. The second-order valence-electron chi connectivity index (χ2n) is 13.6. The first-order valence-corrected chi connectivity index (χ1v) is 16.9. The van der Waals surface area contributed by atoms with Gasteiger partial charge < -0.3 is 9.84 Å². The maximum atomic E-state index is 10.8. The molecular weight excluding hydrogens is 808 g/mol. The molecule has 7 aromatic rings. The van der Waals surface area contributed by atoms with E-state index in [4.69, 9.17) is 9.72 Å². The predicted octanol–water partition coefficient (Wildman–Crippen LogP) is 11.9. The molecule has 0 amide bonds. The molecule has 0 aliphatic rings. The Hall–Kier alpha value is -5.31. The van der Waals surface area contributed by atoms with Gasteiger partial charge in [0.05, 0.1) is 5.69 Å². The number of nitrogens with zero attached hydrogens (tertiary/aromatic N) is 2. The van der Waals surface area contributed by atoms with Gasteiger partial charge in [0.2, 0.25) is 5.88 Å². The zero-order valence-electron chi connectivity index (χ0n) is 29.1. The molecule has 4 nitrogen and oxygen atoms in total. The van der Waals surface area contributed by atoms with Gasteiger partial charge in [-0.15, -0.1) is 17.2 Å². The van der Waals surface area contributed by atoms with Crippen LogP contribution in [0.4, 0.5) is 0 Å². The molecule has 1 atom stereocenters. The van der Waals surface area contributed by atoms with Crippen LogP contribution in [0.2, 0.25) is 0 Å². The van der Waals surface area contributed by atoms with E-state index in [1.165, 1.54) is 11.1 Å². The van der Waals surface area contributed by atoms with Crippen molar-refractivity contribution in [2.24, 2.45) is 0 Å². The van der Waals surface area contributed by atoms with Crippen molar-refractivity contribution in [3.63, 3.8) is 0 Å². The zero-order valence-corrected chi connectivity index (χ0v) is 31.3. The Morgan fingerprint density at radius 1 is 0.627 bits per heavy atom. The fraction of sp³-hybridized carbons (Fsp3) is 0.130. The second-order valence-corrected chi connectivity index (χ2v) is 13.6. The SMILES string of the molecule is CC(c1ccccc1)c1ccc(-c2ccnc(Oc3[c-]c(-c4cc(-c5ccccc5)cc(-c5ccccc5O)n4)cc(C(C)(C)C)c3)c2)cc1.[Pt]. The topological polar surface area (TPSA) is 55.2 Å². The van der Waals surface area contributed by atoms with E-state index in [9.17, 15) is 5.11 Å². The summed E-state index contributed by atoms with van der Waals surface area (Å²) in [4.78, 5) is 9.63. The normalized spacial score (nSPS) is 11.8. The molecule has 0 radical (unpaired) electrons. The fourth-order valence-electron chi connectivity index (χ4n) is 6.12. The number of para-hydroxylation sites is 1. The van der Waals surface area contributed by atoms with E-state index in [0.29, 0.717) is 28.8 Å². The van der Waals surface area contributed by atoms with Crippen LogP contribution in [0.15, 0.2) is 152 Å². The molecule has 0 saturated heterocycles. The van der Waals surface area contributed by atoms with Crippen LogP contribution in [0.3, 0.4) is 0 Å². The molecule has 256 valence electrons. The molecule has 0 saturated carbocycles. The third-order valence-electron chi connectivity index (χ3n) is 9.09. The van der Waals surface area contributed by atoms with Gasteiger partial charge in [0, 0.05) is 50.6 Å². The molecule has 1 N–H and O–H groups in total. The summed E-state index contributed by atoms with van der Waals surface area (Å²) in [6, 6.07) is 52.5. The first kappa shape index (κ1) is 35.5. The van der Waals surface area contributed by atoms with Crippen LogP contribution in [0.25, 0.3) is 44.8 Å². The summed E-state index contributed by atoms with van der Waals surface area (Å²) in [5, 5.41) is 10.8. The number of ether oxygens (including phenoxy) is 1. The van der Waals surface area contributed by atoms with Gasteiger partial charge in [-0.3, -0.25) is 4.98 Å². The monoisotopic (exact) mass is 846 g/mol. The van der Waals surface area contributed by atoms with E-state index in [0.717, 1.165) is 39.1 Å². The number of hydrogen-bond acceptors (Lipinski definition) is 4. The molecule has 0 fully saturated rings. The van der Waals surface area contributed by atoms with E-state index in [-0.39, 0.29) is 32.2 Å². The number of aromatic hydroxyl groups is 1. The molecule has 0 aliphatic heterocycles. The van der Waals surface area contributed by atoms with E-state index in [1.807, 2.05) is 60.7 Å². The van der Waals surface area contributed by atoms with E-state index in [2.05, 4.69) is 118 Å². The van der Waals surface area contributed by atoms with Crippen molar-refractivity contribution in [3.8, 4) is 62.1 Å². The van der Waals surface area contributed by atoms with E-state index < -0.39 is 0 Å². The molecular formula is C46H39N2O2Pt-. The van der Waals surface area contributed by atoms with Crippen LogP contribution in [0.5, 0.6) is 17.4 Å². The minimum atomic E-state index is -0.173. The van der Waals surface area contributed by atoms with Crippen LogP contribution in [-0.4, -0.2) is 15.1 Å². The summed E-state index contributed by atoms with van der Waals surface area (Å²) in [6.45, 7) is 8.77. The third kappa shape index (κ3) is 8.19. The van der Waals surface area contributed by atoms with Crippen LogP contribution in [0, 0.1) is 6.07 Å². The quantitative estimate of drug-likeness (QED) is 0.155. The van der Waals surface area contributed by atoms with Gasteiger partial charge in [0.15, 0.2) is 0 Å². The number of phenolic OH excluding ortho intramolecular Hbond substituents is 1. The summed E-state index contributed by atoms with van der Waals surface area (Å²) in [7, 11) is 0. The third-order valence-corrected chi connectivity index (χ3v) is 9.09. The summed E-state index contributed by atoms with van der Waals surface area (Å²) >= 11 is 0. The number of hydrogen-bond donors (Lipinski definition) is 1. The minimum absolute atomic E-state index is 0. The average Bonchev–Trinajstić information content (AvgIpc) is 3.15. The summed E-state index contributed by atoms with van der Waals surface area (Å²) in [5.74, 6) is 1.52. The molecule has 0 aliphatic carbocycles. The summed E-state index contributed by atoms with van der Waals surface area (Å²) in [6.07, 6.45) is 1.78. The first-order chi connectivity index (χ1) is 24.2. The molecule has 0 spiro atoms. The molecule has 0 bridgehead atoms. The van der Waals surface area contributed by atoms with Gasteiger partial charge in [-0.1, -0.05) is 143 Å². The number of phenols is 1. The van der Waals surface area contributed by atoms with Crippen molar-refractivity contribution in [3.05, 3.63) is 175 Å². The van der Waals surface area contributed by atoms with Crippen molar-refractivity contribution in [1.29, 1.82) is 0 Å². The van der Waals surface area contributed by atoms with Gasteiger partial charge >= 0.3 is 0 Å². The predicted molar refractivity (Wildman–Crippen MR) is 203 cm³/mol. The first-order valence-electron chi connectivity index (χ1n) is 16.9. The number of benzene rings is 5. The van der Waals surface area contributed by atoms with Crippen molar-refractivity contribution < 1.29 is 30.9 Å². The summed E-state index contributed by atoms with van der Waals surface area (Å²) in [5.41, 5.74) is 10.5. The molecule has 51 heavy (non-hydrogen) atoms. The molecule has 2 heterocycles. The maximum absolute atomic E-state index is 10.8. The molecule has 1 unspecified atom stereocenters. The molecule has 2 aromatic heterocycles. The Morgan fingerprint density at radius 2 is 1.25 bits per heavy atom. The van der Waals surface area contributed by atoms with E-state index >= 15 is 0 Å². The van der Waals surface area contributed by atoms with Crippen molar-refractivity contribution in [2.45, 2.75) is 39.0 Å². The Kier molecular flexibility index (Phi) is 10.6. The Morgan fingerprint density at radius 3 is 1.96 bits per heavy atom. The summed E-state index contributed by atoms with van der Waals surface area (Å²) < 4.78 is 6.47. The second kappa shape index (κ2) is 15.3. The van der Waals surface area contributed by atoms with Gasteiger partial charge in [0.1, 0.15) is 5.75 Å². The molecule has 5 aromatic carbocycles. The van der Waals surface area contributed by atoms with E-state index in [1.54, 1.807) is 12.3 Å². The standard InChI is InChI=1S/C46H39N2O2.Pt/c1-31(32-13-7-5-8-14-32)33-19-21-35(22-20-33)36-23-24-47-45(29-36)50-40-26-38(25-39(30-40)46(2,3)4)42-27-37(34-15-9-6-10-16-34)28-43(48-42)41-17-11-12-18-44(41)49;/h5-25,27-31,49H,1-4H3;/q-1;. The van der Waals surface area contributed by atoms with Gasteiger partial charge in [0.25, 0.3) is 0 Å². The van der Waals surface area contributed by atoms with Crippen molar-refractivity contribution in [1.82, 2.24) is 9.97 Å². The van der Waals surface area contributed by atoms with Crippen LogP contribution >= 0.6 is 0 Å². The number of rotatable bonds is 8. The van der Waals surface area contributed by atoms with Crippen LogP contribution in [0.1, 0.15) is 50.3 Å². The smallest absolute Gasteiger partial charge is 0.217 e. The minimum Gasteiger partial charge on any atom is -0.507 e. The van der Waals surface area contributed by atoms with Crippen LogP contribution in [-0.2, 0) is 26.5 Å². The van der Waals surface area contributed by atoms with Crippen molar-refractivity contribution >= 4 is 0 Å². The fourth-order valence-corrected chi connectivity index (χ4v) is 6.12. The maximum Gasteiger partial charge on any atom is 0.217 e. The number of aromatic nitrogens is 2. The Bertz CT molecular complexity index is 2250. The Labute approximate surface area is 315 Å². The van der Waals surface area contributed by atoms with Gasteiger partial charge in [-0.05, 0) is 68.8 Å².